The molecule has 2 N–H and O–H groups in total. The predicted molar refractivity (Wildman–Crippen MR) is 38.1 cm³/mol. The van der Waals surface area contributed by atoms with Gasteiger partial charge in [-0.2, -0.15) is 0 Å². The summed E-state index contributed by atoms with van der Waals surface area (Å²) in [4.78, 5) is 4.15. The van der Waals surface area contributed by atoms with E-state index in [1.54, 1.807) is 0 Å². The molecule has 0 atom stereocenters. The topological polar surface area (TPSA) is 38.9 Å². The molecule has 0 radical (unpaired) electrons. The van der Waals surface area contributed by atoms with Gasteiger partial charge in [-0.3, -0.25) is 4.98 Å². The number of anilines is 1. The van der Waals surface area contributed by atoms with Gasteiger partial charge in [0.1, 0.15) is 0 Å². The fourth-order valence-electron chi connectivity index (χ4n) is 0.697. The van der Waals surface area contributed by atoms with Crippen LogP contribution in [-0.2, 0) is 0 Å². The lowest BCUT2D eigenvalue weighted by atomic mass is 10.3. The minimum atomic E-state index is 0.764. The first kappa shape index (κ1) is 6.08. The number of aryl methyl sites for hydroxylation is 2. The summed E-state index contributed by atoms with van der Waals surface area (Å²) in [5.41, 5.74) is 8.22. The van der Waals surface area contributed by atoms with Crippen LogP contribution in [-0.4, -0.2) is 4.98 Å². The summed E-state index contributed by atoms with van der Waals surface area (Å²) in [6.07, 6.45) is 0. The van der Waals surface area contributed by atoms with Crippen LogP contribution in [0.1, 0.15) is 11.4 Å². The Balaban J connectivity index is 3.17. The third kappa shape index (κ3) is 1.19. The molecule has 1 heterocycles. The Morgan fingerprint density at radius 2 is 2.00 bits per heavy atom. The van der Waals surface area contributed by atoms with Crippen molar-refractivity contribution in [2.75, 3.05) is 5.73 Å². The highest BCUT2D eigenvalue weighted by molar-refractivity contribution is 5.41. The maximum atomic E-state index is 5.53. The Morgan fingerprint density at radius 1 is 1.33 bits per heavy atom. The quantitative estimate of drug-likeness (QED) is 0.563. The first-order valence-electron chi connectivity index (χ1n) is 2.90. The molecule has 0 fully saturated rings. The summed E-state index contributed by atoms with van der Waals surface area (Å²) in [6.45, 7) is 3.86. The van der Waals surface area contributed by atoms with E-state index in [2.05, 4.69) is 4.98 Å². The van der Waals surface area contributed by atoms with Crippen molar-refractivity contribution in [3.63, 3.8) is 0 Å². The highest BCUT2D eigenvalue weighted by Gasteiger charge is 1.91. The van der Waals surface area contributed by atoms with Gasteiger partial charge in [0.25, 0.3) is 0 Å². The van der Waals surface area contributed by atoms with Crippen LogP contribution in [0.25, 0.3) is 0 Å². The summed E-state index contributed by atoms with van der Waals surface area (Å²) in [5.74, 6) is 0. The summed E-state index contributed by atoms with van der Waals surface area (Å²) in [5, 5.41) is 0. The molecule has 0 saturated carbocycles. The van der Waals surface area contributed by atoms with E-state index in [1.165, 1.54) is 0 Å². The third-order valence-electron chi connectivity index (χ3n) is 1.27. The molecule has 2 nitrogen and oxygen atoms in total. The second-order valence-corrected chi connectivity index (χ2v) is 2.13. The Labute approximate surface area is 54.7 Å². The number of hydrogen-bond acceptors (Lipinski definition) is 2. The lowest BCUT2D eigenvalue weighted by Gasteiger charge is -1.97. The second-order valence-electron chi connectivity index (χ2n) is 2.13. The van der Waals surface area contributed by atoms with E-state index in [1.807, 2.05) is 26.0 Å². The maximum absolute atomic E-state index is 5.53. The highest BCUT2D eigenvalue weighted by atomic mass is 14.7. The average Bonchev–Trinajstić information content (AvgIpc) is 1.80. The van der Waals surface area contributed by atoms with Crippen molar-refractivity contribution in [1.29, 1.82) is 0 Å². The van der Waals surface area contributed by atoms with Crippen LogP contribution < -0.4 is 5.73 Å². The van der Waals surface area contributed by atoms with Gasteiger partial charge < -0.3 is 5.73 Å². The van der Waals surface area contributed by atoms with Crippen molar-refractivity contribution in [3.05, 3.63) is 23.5 Å². The lowest BCUT2D eigenvalue weighted by Crippen LogP contribution is -1.93. The third-order valence-corrected chi connectivity index (χ3v) is 1.27. The average molecular weight is 122 g/mol. The van der Waals surface area contributed by atoms with Gasteiger partial charge in [-0.1, -0.05) is 0 Å². The van der Waals surface area contributed by atoms with Gasteiger partial charge in [0.2, 0.25) is 0 Å². The van der Waals surface area contributed by atoms with Crippen LogP contribution >= 0.6 is 0 Å². The minimum Gasteiger partial charge on any atom is -0.397 e. The molecule has 1 rings (SSSR count). The lowest BCUT2D eigenvalue weighted by molar-refractivity contribution is 1.13. The van der Waals surface area contributed by atoms with Gasteiger partial charge in [-0.05, 0) is 26.0 Å². The van der Waals surface area contributed by atoms with Crippen LogP contribution in [0.5, 0.6) is 0 Å². The van der Waals surface area contributed by atoms with Crippen molar-refractivity contribution in [2.45, 2.75) is 13.8 Å². The Hall–Kier alpha value is -1.05. The standard InChI is InChI=1S/C7H10N2/c1-5-3-4-7(8)6(2)9-5/h3-4H,8H2,1-2H3. The molecule has 0 amide bonds. The van der Waals surface area contributed by atoms with Crippen LogP contribution in [0.15, 0.2) is 12.1 Å². The first-order valence-corrected chi connectivity index (χ1v) is 2.90. The zero-order valence-electron chi connectivity index (χ0n) is 5.68. The number of pyridine rings is 1. The van der Waals surface area contributed by atoms with E-state index < -0.39 is 0 Å². The summed E-state index contributed by atoms with van der Waals surface area (Å²) < 4.78 is 0. The Bertz CT molecular complexity index is 218. The molecule has 0 bridgehead atoms. The number of hydrogen-bond donors (Lipinski definition) is 1. The molecule has 48 valence electrons. The number of nitrogens with zero attached hydrogens (tertiary/aromatic N) is 1. The molecule has 0 aliphatic heterocycles. The number of rotatable bonds is 0. The van der Waals surface area contributed by atoms with Gasteiger partial charge in [-0.25, -0.2) is 0 Å². The van der Waals surface area contributed by atoms with E-state index in [0.717, 1.165) is 17.1 Å². The molecule has 9 heavy (non-hydrogen) atoms. The SMILES string of the molecule is Cc1ccc(N)c(C)n1. The van der Waals surface area contributed by atoms with E-state index in [4.69, 9.17) is 5.73 Å². The van der Waals surface area contributed by atoms with Gasteiger partial charge in [0.05, 0.1) is 11.4 Å². The van der Waals surface area contributed by atoms with E-state index in [9.17, 15) is 0 Å². The van der Waals surface area contributed by atoms with E-state index >= 15 is 0 Å². The molecule has 0 aliphatic carbocycles. The molecule has 0 aromatic carbocycles. The zero-order chi connectivity index (χ0) is 6.85. The smallest absolute Gasteiger partial charge is 0.0604 e. The van der Waals surface area contributed by atoms with Gasteiger partial charge in [0, 0.05) is 5.69 Å². The highest BCUT2D eigenvalue weighted by Crippen LogP contribution is 2.06. The summed E-state index contributed by atoms with van der Waals surface area (Å²) in [6, 6.07) is 3.78. The van der Waals surface area contributed by atoms with Gasteiger partial charge >= 0.3 is 0 Å². The van der Waals surface area contributed by atoms with E-state index in [-0.39, 0.29) is 0 Å². The van der Waals surface area contributed by atoms with Crippen LogP contribution in [0.2, 0.25) is 0 Å². The first-order chi connectivity index (χ1) is 4.20. The molecule has 1 aromatic rings. The van der Waals surface area contributed by atoms with Crippen LogP contribution in [0.3, 0.4) is 0 Å². The molecule has 0 unspecified atom stereocenters. The normalized spacial score (nSPS) is 9.56. The van der Waals surface area contributed by atoms with Crippen molar-refractivity contribution >= 4 is 5.69 Å². The molecule has 0 spiro atoms. The van der Waals surface area contributed by atoms with Crippen molar-refractivity contribution < 1.29 is 0 Å². The molecule has 0 aliphatic rings. The van der Waals surface area contributed by atoms with Crippen molar-refractivity contribution in [3.8, 4) is 0 Å². The number of nitrogen functional groups attached to an aromatic ring is 1. The molecular formula is C7H10N2. The number of aromatic nitrogens is 1. The Morgan fingerprint density at radius 3 is 2.44 bits per heavy atom. The molecule has 1 aromatic heterocycles. The molecular weight excluding hydrogens is 112 g/mol. The van der Waals surface area contributed by atoms with Crippen LogP contribution in [0.4, 0.5) is 5.69 Å². The minimum absolute atomic E-state index is 0.764. The van der Waals surface area contributed by atoms with Gasteiger partial charge in [0.15, 0.2) is 0 Å². The zero-order valence-corrected chi connectivity index (χ0v) is 5.68. The van der Waals surface area contributed by atoms with Crippen molar-refractivity contribution in [1.82, 2.24) is 4.98 Å². The molecule has 2 heteroatoms. The number of nitrogens with two attached hydrogens (primary N) is 1. The second kappa shape index (κ2) is 2.05. The predicted octanol–water partition coefficient (Wildman–Crippen LogP) is 1.28. The largest absolute Gasteiger partial charge is 0.397 e. The van der Waals surface area contributed by atoms with Crippen molar-refractivity contribution in [2.24, 2.45) is 0 Å². The summed E-state index contributed by atoms with van der Waals surface area (Å²) in [7, 11) is 0. The summed E-state index contributed by atoms with van der Waals surface area (Å²) >= 11 is 0. The molecule has 0 saturated heterocycles. The fourth-order valence-corrected chi connectivity index (χ4v) is 0.697. The van der Waals surface area contributed by atoms with Crippen LogP contribution in [0, 0.1) is 13.8 Å². The van der Waals surface area contributed by atoms with E-state index in [0.29, 0.717) is 0 Å². The Kier molecular flexibility index (Phi) is 1.39. The fraction of sp³-hybridized carbons (Fsp3) is 0.286. The van der Waals surface area contributed by atoms with Gasteiger partial charge in [-0.15, -0.1) is 0 Å². The monoisotopic (exact) mass is 122 g/mol. The maximum Gasteiger partial charge on any atom is 0.0604 e.